The second-order valence-corrected chi connectivity index (χ2v) is 7.24. The third-order valence-corrected chi connectivity index (χ3v) is 6.42. The Morgan fingerprint density at radius 1 is 1.41 bits per heavy atom. The van der Waals surface area contributed by atoms with Crippen molar-refractivity contribution in [1.29, 1.82) is 0 Å². The van der Waals surface area contributed by atoms with Gasteiger partial charge in [-0.15, -0.1) is 0 Å². The van der Waals surface area contributed by atoms with Crippen LogP contribution in [0.15, 0.2) is 0 Å². The Morgan fingerprint density at radius 3 is 2.88 bits per heavy atom. The van der Waals surface area contributed by atoms with Crippen molar-refractivity contribution >= 4 is 11.8 Å². The number of nitrogens with two attached hydrogens (primary N) is 1. The van der Waals surface area contributed by atoms with Crippen LogP contribution in [0.2, 0.25) is 0 Å². The molecule has 0 radical (unpaired) electrons. The zero-order valence-electron chi connectivity index (χ0n) is 11.5. The van der Waals surface area contributed by atoms with Crippen LogP contribution in [0.1, 0.15) is 46.0 Å². The lowest BCUT2D eigenvalue weighted by Gasteiger charge is -2.52. The molecule has 2 fully saturated rings. The summed E-state index contributed by atoms with van der Waals surface area (Å²) in [6, 6.07) is 0. The van der Waals surface area contributed by atoms with Gasteiger partial charge in [-0.25, -0.2) is 0 Å². The zero-order valence-corrected chi connectivity index (χ0v) is 12.3. The van der Waals surface area contributed by atoms with Gasteiger partial charge in [-0.3, -0.25) is 4.90 Å². The van der Waals surface area contributed by atoms with Gasteiger partial charge in [0.25, 0.3) is 0 Å². The third-order valence-electron chi connectivity index (χ3n) is 4.96. The molecular weight excluding hydrogens is 228 g/mol. The molecule has 0 saturated carbocycles. The average molecular weight is 256 g/mol. The molecule has 17 heavy (non-hydrogen) atoms. The van der Waals surface area contributed by atoms with Crippen LogP contribution in [-0.4, -0.2) is 41.1 Å². The van der Waals surface area contributed by atoms with E-state index >= 15 is 0 Å². The van der Waals surface area contributed by atoms with Crippen molar-refractivity contribution in [1.82, 2.24) is 4.90 Å². The van der Waals surface area contributed by atoms with Crippen LogP contribution < -0.4 is 5.73 Å². The minimum atomic E-state index is 0.302. The highest BCUT2D eigenvalue weighted by atomic mass is 32.2. The Hall–Kier alpha value is 0.270. The lowest BCUT2D eigenvalue weighted by atomic mass is 9.83. The largest absolute Gasteiger partial charge is 0.329 e. The Bertz CT molecular complexity index is 246. The summed E-state index contributed by atoms with van der Waals surface area (Å²) in [5.74, 6) is 2.24. The smallest absolute Gasteiger partial charge is 0.0447 e. The monoisotopic (exact) mass is 256 g/mol. The van der Waals surface area contributed by atoms with Crippen LogP contribution >= 0.6 is 11.8 Å². The van der Waals surface area contributed by atoms with Crippen LogP contribution in [0.5, 0.6) is 0 Å². The van der Waals surface area contributed by atoms with Gasteiger partial charge in [-0.1, -0.05) is 20.3 Å². The molecule has 0 aromatic heterocycles. The van der Waals surface area contributed by atoms with Gasteiger partial charge >= 0.3 is 0 Å². The summed E-state index contributed by atoms with van der Waals surface area (Å²) in [6.45, 7) is 8.14. The van der Waals surface area contributed by atoms with E-state index in [1.54, 1.807) is 0 Å². The van der Waals surface area contributed by atoms with Gasteiger partial charge in [-0.05, 0) is 43.9 Å². The molecule has 3 heteroatoms. The van der Waals surface area contributed by atoms with Crippen LogP contribution in [-0.2, 0) is 0 Å². The molecule has 3 atom stereocenters. The zero-order chi connectivity index (χ0) is 12.3. The molecular formula is C14H28N2S. The summed E-state index contributed by atoms with van der Waals surface area (Å²) in [4.78, 5) is 2.75. The fourth-order valence-electron chi connectivity index (χ4n) is 3.61. The first kappa shape index (κ1) is 13.7. The summed E-state index contributed by atoms with van der Waals surface area (Å²) >= 11 is 2.13. The Balaban J connectivity index is 2.10. The summed E-state index contributed by atoms with van der Waals surface area (Å²) in [6.07, 6.45) is 6.79. The van der Waals surface area contributed by atoms with E-state index < -0.39 is 0 Å². The van der Waals surface area contributed by atoms with E-state index in [2.05, 4.69) is 30.5 Å². The van der Waals surface area contributed by atoms with Gasteiger partial charge in [-0.2, -0.15) is 11.8 Å². The van der Waals surface area contributed by atoms with Crippen molar-refractivity contribution in [3.63, 3.8) is 0 Å². The summed E-state index contributed by atoms with van der Waals surface area (Å²) in [7, 11) is 0. The highest BCUT2D eigenvalue weighted by Gasteiger charge is 2.43. The molecule has 2 saturated heterocycles. The highest BCUT2D eigenvalue weighted by molar-refractivity contribution is 8.00. The fraction of sp³-hybridized carbons (Fsp3) is 1.00. The van der Waals surface area contributed by atoms with E-state index in [1.165, 1.54) is 50.9 Å². The summed E-state index contributed by atoms with van der Waals surface area (Å²) < 4.78 is 0. The van der Waals surface area contributed by atoms with Crippen LogP contribution in [0, 0.1) is 5.92 Å². The molecule has 2 heterocycles. The standard InChI is InChI=1S/C14H28N2S/c1-3-13-6-4-8-16(10-13)14(11-15)7-5-9-17-12(14)2/h12-13H,3-11,15H2,1-2H3. The normalized spacial score (nSPS) is 40.4. The van der Waals surface area contributed by atoms with Crippen LogP contribution in [0.25, 0.3) is 0 Å². The molecule has 0 aromatic rings. The van der Waals surface area contributed by atoms with Gasteiger partial charge in [0.1, 0.15) is 0 Å². The second kappa shape index (κ2) is 5.94. The van der Waals surface area contributed by atoms with Crippen molar-refractivity contribution in [2.24, 2.45) is 11.7 Å². The van der Waals surface area contributed by atoms with Crippen LogP contribution in [0.3, 0.4) is 0 Å². The van der Waals surface area contributed by atoms with Gasteiger partial charge in [0, 0.05) is 23.9 Å². The molecule has 3 unspecified atom stereocenters. The van der Waals surface area contributed by atoms with E-state index in [9.17, 15) is 0 Å². The molecule has 2 nitrogen and oxygen atoms in total. The number of likely N-dealkylation sites (tertiary alicyclic amines) is 1. The molecule has 2 aliphatic rings. The van der Waals surface area contributed by atoms with Crippen molar-refractivity contribution in [2.45, 2.75) is 56.7 Å². The maximum Gasteiger partial charge on any atom is 0.0447 e. The second-order valence-electron chi connectivity index (χ2n) is 5.79. The maximum atomic E-state index is 6.19. The predicted molar refractivity (Wildman–Crippen MR) is 77.5 cm³/mol. The quantitative estimate of drug-likeness (QED) is 0.842. The van der Waals surface area contributed by atoms with Crippen molar-refractivity contribution in [2.75, 3.05) is 25.4 Å². The first-order valence-corrected chi connectivity index (χ1v) is 8.34. The fourth-order valence-corrected chi connectivity index (χ4v) is 4.95. The summed E-state index contributed by atoms with van der Waals surface area (Å²) in [5.41, 5.74) is 6.49. The topological polar surface area (TPSA) is 29.3 Å². The minimum Gasteiger partial charge on any atom is -0.329 e. The Morgan fingerprint density at radius 2 is 2.24 bits per heavy atom. The number of piperidine rings is 1. The number of rotatable bonds is 3. The molecule has 0 spiro atoms. The molecule has 2 rings (SSSR count). The van der Waals surface area contributed by atoms with E-state index in [1.807, 2.05) is 0 Å². The first-order valence-electron chi connectivity index (χ1n) is 7.29. The van der Waals surface area contributed by atoms with E-state index in [-0.39, 0.29) is 0 Å². The van der Waals surface area contributed by atoms with Gasteiger partial charge in [0.15, 0.2) is 0 Å². The third kappa shape index (κ3) is 2.66. The molecule has 2 N–H and O–H groups in total. The maximum absolute atomic E-state index is 6.19. The first-order chi connectivity index (χ1) is 8.23. The Labute approximate surface area is 111 Å². The predicted octanol–water partition coefficient (Wildman–Crippen LogP) is 2.72. The SMILES string of the molecule is CCC1CCCN(C2(CN)CCCSC2C)C1. The van der Waals surface area contributed by atoms with E-state index in [0.717, 1.165) is 12.5 Å². The number of thioether (sulfide) groups is 1. The number of hydrogen-bond acceptors (Lipinski definition) is 3. The minimum absolute atomic E-state index is 0.302. The average Bonchev–Trinajstić information content (AvgIpc) is 2.40. The van der Waals surface area contributed by atoms with Crippen molar-refractivity contribution < 1.29 is 0 Å². The van der Waals surface area contributed by atoms with E-state index in [4.69, 9.17) is 5.73 Å². The van der Waals surface area contributed by atoms with Gasteiger partial charge in [0.05, 0.1) is 0 Å². The van der Waals surface area contributed by atoms with Gasteiger partial charge < -0.3 is 5.73 Å². The molecule has 0 aromatic carbocycles. The van der Waals surface area contributed by atoms with Crippen molar-refractivity contribution in [3.8, 4) is 0 Å². The van der Waals surface area contributed by atoms with Crippen LogP contribution in [0.4, 0.5) is 0 Å². The van der Waals surface area contributed by atoms with Crippen molar-refractivity contribution in [3.05, 3.63) is 0 Å². The number of hydrogen-bond donors (Lipinski definition) is 1. The lowest BCUT2D eigenvalue weighted by Crippen LogP contribution is -2.62. The lowest BCUT2D eigenvalue weighted by molar-refractivity contribution is 0.0380. The molecule has 0 aliphatic carbocycles. The van der Waals surface area contributed by atoms with E-state index in [0.29, 0.717) is 10.8 Å². The molecule has 100 valence electrons. The molecule has 0 amide bonds. The highest BCUT2D eigenvalue weighted by Crippen LogP contribution is 2.40. The molecule has 2 aliphatic heterocycles. The van der Waals surface area contributed by atoms with Gasteiger partial charge in [0.2, 0.25) is 0 Å². The molecule has 0 bridgehead atoms. The Kier molecular flexibility index (Phi) is 4.79. The summed E-state index contributed by atoms with van der Waals surface area (Å²) in [5, 5.41) is 0.705. The number of nitrogens with zero attached hydrogens (tertiary/aromatic N) is 1.